The quantitative estimate of drug-likeness (QED) is 0.779. The van der Waals surface area contributed by atoms with Gasteiger partial charge < -0.3 is 9.84 Å². The summed E-state index contributed by atoms with van der Waals surface area (Å²) >= 11 is 1.66. The summed E-state index contributed by atoms with van der Waals surface area (Å²) in [6.45, 7) is 0. The largest absolute Gasteiger partial charge is 0.507 e. The monoisotopic (exact) mass is 212 g/mol. The Bertz CT molecular complexity index is 336. The number of esters is 1. The minimum Gasteiger partial charge on any atom is -0.507 e. The molecule has 0 bridgehead atoms. The van der Waals surface area contributed by atoms with E-state index in [4.69, 9.17) is 0 Å². The maximum Gasteiger partial charge on any atom is 0.341 e. The summed E-state index contributed by atoms with van der Waals surface area (Å²) in [4.78, 5) is 11.1. The fraction of sp³-hybridized carbons (Fsp3) is 0.300. The van der Waals surface area contributed by atoms with E-state index in [0.29, 0.717) is 0 Å². The maximum absolute atomic E-state index is 11.1. The van der Waals surface area contributed by atoms with Crippen molar-refractivity contribution < 1.29 is 14.6 Å². The van der Waals surface area contributed by atoms with Gasteiger partial charge >= 0.3 is 5.97 Å². The molecule has 1 aromatic rings. The summed E-state index contributed by atoms with van der Waals surface area (Å²) in [5.41, 5.74) is 1.19. The zero-order chi connectivity index (χ0) is 10.6. The predicted octanol–water partition coefficient (Wildman–Crippen LogP) is 2.04. The van der Waals surface area contributed by atoms with E-state index in [2.05, 4.69) is 4.74 Å². The average molecular weight is 212 g/mol. The molecule has 14 heavy (non-hydrogen) atoms. The molecule has 0 aliphatic carbocycles. The number of methoxy groups -OCH3 is 1. The van der Waals surface area contributed by atoms with Crippen molar-refractivity contribution in [2.45, 2.75) is 5.75 Å². The molecule has 0 saturated carbocycles. The van der Waals surface area contributed by atoms with Crippen LogP contribution >= 0.6 is 11.8 Å². The lowest BCUT2D eigenvalue weighted by molar-refractivity contribution is 0.0597. The topological polar surface area (TPSA) is 46.5 Å². The predicted molar refractivity (Wildman–Crippen MR) is 56.7 cm³/mol. The summed E-state index contributed by atoms with van der Waals surface area (Å²) in [5, 5.41) is 9.51. The van der Waals surface area contributed by atoms with Crippen molar-refractivity contribution in [2.75, 3.05) is 13.4 Å². The first kappa shape index (κ1) is 10.9. The van der Waals surface area contributed by atoms with Gasteiger partial charge in [0.25, 0.3) is 0 Å². The number of ether oxygens (including phenoxy) is 1. The molecule has 1 N–H and O–H groups in total. The van der Waals surface area contributed by atoms with Crippen LogP contribution < -0.4 is 0 Å². The normalized spacial score (nSPS) is 9.86. The molecule has 0 spiro atoms. The molecule has 0 aliphatic heterocycles. The lowest BCUT2D eigenvalue weighted by Crippen LogP contribution is -2.01. The summed E-state index contributed by atoms with van der Waals surface area (Å²) < 4.78 is 4.51. The first-order chi connectivity index (χ1) is 6.69. The number of rotatable bonds is 3. The van der Waals surface area contributed by atoms with Gasteiger partial charge in [0.15, 0.2) is 0 Å². The Balaban J connectivity index is 2.95. The van der Waals surface area contributed by atoms with Gasteiger partial charge in [0.05, 0.1) is 7.11 Å². The van der Waals surface area contributed by atoms with Crippen molar-refractivity contribution in [2.24, 2.45) is 0 Å². The molecular weight excluding hydrogens is 200 g/mol. The maximum atomic E-state index is 11.1. The number of hydrogen-bond acceptors (Lipinski definition) is 4. The first-order valence-corrected chi connectivity index (χ1v) is 5.47. The Morgan fingerprint density at radius 2 is 2.29 bits per heavy atom. The number of phenolic OH excluding ortho intramolecular Hbond substituents is 1. The molecule has 0 fully saturated rings. The minimum atomic E-state index is -0.516. The summed E-state index contributed by atoms with van der Waals surface area (Å²) in [6.07, 6.45) is 1.98. The molecule has 0 aromatic heterocycles. The van der Waals surface area contributed by atoms with Gasteiger partial charge in [-0.3, -0.25) is 0 Å². The number of thioether (sulfide) groups is 1. The SMILES string of the molecule is COC(=O)c1ccc(CSC)cc1O. The van der Waals surface area contributed by atoms with E-state index < -0.39 is 5.97 Å². The summed E-state index contributed by atoms with van der Waals surface area (Å²) in [7, 11) is 1.29. The molecule has 0 aliphatic rings. The fourth-order valence-corrected chi connectivity index (χ4v) is 1.63. The van der Waals surface area contributed by atoms with E-state index in [1.54, 1.807) is 23.9 Å². The summed E-state index contributed by atoms with van der Waals surface area (Å²) in [5.74, 6) is 0.274. The fourth-order valence-electron chi connectivity index (χ4n) is 1.12. The van der Waals surface area contributed by atoms with Gasteiger partial charge in [0, 0.05) is 5.75 Å². The standard InChI is InChI=1S/C10H12O3S/c1-13-10(12)8-4-3-7(6-14-2)5-9(8)11/h3-5,11H,6H2,1-2H3. The van der Waals surface area contributed by atoms with Gasteiger partial charge in [0.1, 0.15) is 11.3 Å². The lowest BCUT2D eigenvalue weighted by Gasteiger charge is -2.04. The Hall–Kier alpha value is -1.16. The van der Waals surface area contributed by atoms with E-state index in [9.17, 15) is 9.90 Å². The van der Waals surface area contributed by atoms with E-state index in [1.165, 1.54) is 7.11 Å². The van der Waals surface area contributed by atoms with E-state index in [-0.39, 0.29) is 11.3 Å². The molecule has 1 aromatic carbocycles. The number of carbonyl (C=O) groups is 1. The molecule has 76 valence electrons. The van der Waals surface area contributed by atoms with Crippen LogP contribution in [0.15, 0.2) is 18.2 Å². The van der Waals surface area contributed by atoms with Gasteiger partial charge in [-0.25, -0.2) is 4.79 Å². The molecule has 0 atom stereocenters. The van der Waals surface area contributed by atoms with E-state index in [1.807, 2.05) is 12.3 Å². The molecule has 0 unspecified atom stereocenters. The van der Waals surface area contributed by atoms with Crippen molar-refractivity contribution in [3.05, 3.63) is 29.3 Å². The molecule has 0 radical (unpaired) electrons. The van der Waals surface area contributed by atoms with Crippen LogP contribution in [-0.4, -0.2) is 24.4 Å². The van der Waals surface area contributed by atoms with Crippen LogP contribution in [0, 0.1) is 0 Å². The van der Waals surface area contributed by atoms with Crippen LogP contribution in [0.25, 0.3) is 0 Å². The molecular formula is C10H12O3S. The van der Waals surface area contributed by atoms with Crippen LogP contribution in [0.2, 0.25) is 0 Å². The Morgan fingerprint density at radius 3 is 2.79 bits per heavy atom. The van der Waals surface area contributed by atoms with Gasteiger partial charge in [0.2, 0.25) is 0 Å². The Labute approximate surface area is 87.1 Å². The number of carbonyl (C=O) groups excluding carboxylic acids is 1. The summed E-state index contributed by atoms with van der Waals surface area (Å²) in [6, 6.07) is 4.97. The highest BCUT2D eigenvalue weighted by molar-refractivity contribution is 7.97. The zero-order valence-electron chi connectivity index (χ0n) is 8.11. The van der Waals surface area contributed by atoms with Gasteiger partial charge in [-0.05, 0) is 24.0 Å². The van der Waals surface area contributed by atoms with Gasteiger partial charge in [-0.1, -0.05) is 6.07 Å². The van der Waals surface area contributed by atoms with Crippen LogP contribution in [0.1, 0.15) is 15.9 Å². The average Bonchev–Trinajstić information content (AvgIpc) is 2.17. The number of benzene rings is 1. The number of aromatic hydroxyl groups is 1. The number of hydrogen-bond donors (Lipinski definition) is 1. The van der Waals surface area contributed by atoms with E-state index in [0.717, 1.165) is 11.3 Å². The molecule has 0 saturated heterocycles. The van der Waals surface area contributed by atoms with Gasteiger partial charge in [-0.2, -0.15) is 11.8 Å². The third-order valence-corrected chi connectivity index (χ3v) is 2.40. The Kier molecular flexibility index (Phi) is 3.83. The van der Waals surface area contributed by atoms with Crippen molar-refractivity contribution in [1.29, 1.82) is 0 Å². The van der Waals surface area contributed by atoms with Crippen LogP contribution in [0.3, 0.4) is 0 Å². The number of phenols is 1. The van der Waals surface area contributed by atoms with E-state index >= 15 is 0 Å². The van der Waals surface area contributed by atoms with Crippen molar-refractivity contribution in [3.8, 4) is 5.75 Å². The highest BCUT2D eigenvalue weighted by atomic mass is 32.2. The van der Waals surface area contributed by atoms with Crippen LogP contribution in [-0.2, 0) is 10.5 Å². The first-order valence-electron chi connectivity index (χ1n) is 4.08. The molecule has 1 rings (SSSR count). The highest BCUT2D eigenvalue weighted by Gasteiger charge is 2.10. The van der Waals surface area contributed by atoms with Crippen molar-refractivity contribution >= 4 is 17.7 Å². The second-order valence-electron chi connectivity index (χ2n) is 2.78. The second-order valence-corrected chi connectivity index (χ2v) is 3.64. The van der Waals surface area contributed by atoms with Crippen molar-refractivity contribution in [1.82, 2.24) is 0 Å². The molecule has 4 heteroatoms. The minimum absolute atomic E-state index is 0.0246. The van der Waals surface area contributed by atoms with Crippen LogP contribution in [0.5, 0.6) is 5.75 Å². The third kappa shape index (κ3) is 2.42. The molecule has 0 amide bonds. The zero-order valence-corrected chi connectivity index (χ0v) is 8.93. The molecule has 0 heterocycles. The van der Waals surface area contributed by atoms with Crippen molar-refractivity contribution in [3.63, 3.8) is 0 Å². The molecule has 3 nitrogen and oxygen atoms in total. The van der Waals surface area contributed by atoms with Crippen LogP contribution in [0.4, 0.5) is 0 Å². The third-order valence-electron chi connectivity index (χ3n) is 1.78. The Morgan fingerprint density at radius 1 is 1.57 bits per heavy atom. The highest BCUT2D eigenvalue weighted by Crippen LogP contribution is 2.21. The lowest BCUT2D eigenvalue weighted by atomic mass is 10.1. The smallest absolute Gasteiger partial charge is 0.341 e. The second kappa shape index (κ2) is 4.91. The van der Waals surface area contributed by atoms with Gasteiger partial charge in [-0.15, -0.1) is 0 Å².